The molecule has 0 bridgehead atoms. The van der Waals surface area contributed by atoms with E-state index in [0.717, 1.165) is 6.29 Å². The molecule has 0 amide bonds. The third-order valence-corrected chi connectivity index (χ3v) is 2.31. The zero-order chi connectivity index (χ0) is 12.1. The topological polar surface area (TPSA) is 35.5 Å². The Bertz CT molecular complexity index is 503. The van der Waals surface area contributed by atoms with E-state index >= 15 is 0 Å². The van der Waals surface area contributed by atoms with Crippen LogP contribution < -0.4 is 9.47 Å². The van der Waals surface area contributed by atoms with Crippen LogP contribution in [0.25, 0.3) is 0 Å². The van der Waals surface area contributed by atoms with Gasteiger partial charge in [-0.25, -0.2) is 0 Å². The molecule has 0 aliphatic rings. The van der Waals surface area contributed by atoms with E-state index in [4.69, 9.17) is 9.47 Å². The van der Waals surface area contributed by atoms with E-state index < -0.39 is 0 Å². The van der Waals surface area contributed by atoms with Crippen molar-refractivity contribution in [2.75, 3.05) is 7.11 Å². The van der Waals surface area contributed by atoms with Gasteiger partial charge in [0.05, 0.1) is 7.11 Å². The Balaban J connectivity index is 2.21. The number of hydrogen-bond donors (Lipinski definition) is 0. The molecule has 0 radical (unpaired) electrons. The molecule has 0 fully saturated rings. The molecule has 2 rings (SSSR count). The van der Waals surface area contributed by atoms with Crippen molar-refractivity contribution >= 4 is 6.29 Å². The highest BCUT2D eigenvalue weighted by atomic mass is 16.5. The Morgan fingerprint density at radius 1 is 0.941 bits per heavy atom. The van der Waals surface area contributed by atoms with Crippen molar-refractivity contribution in [1.29, 1.82) is 0 Å². The minimum atomic E-state index is 0.623. The minimum absolute atomic E-state index is 0.623. The third kappa shape index (κ3) is 2.64. The molecule has 0 atom stereocenters. The number of para-hydroxylation sites is 2. The van der Waals surface area contributed by atoms with Crippen molar-refractivity contribution in [3.8, 4) is 17.2 Å². The van der Waals surface area contributed by atoms with Crippen molar-refractivity contribution in [2.24, 2.45) is 0 Å². The third-order valence-electron chi connectivity index (χ3n) is 2.31. The second kappa shape index (κ2) is 5.16. The largest absolute Gasteiger partial charge is 0.493 e. The number of aldehydes is 1. The van der Waals surface area contributed by atoms with Crippen molar-refractivity contribution in [1.82, 2.24) is 0 Å². The maximum atomic E-state index is 10.5. The lowest BCUT2D eigenvalue weighted by Gasteiger charge is -2.09. The van der Waals surface area contributed by atoms with Gasteiger partial charge in [0.15, 0.2) is 11.5 Å². The summed E-state index contributed by atoms with van der Waals surface area (Å²) < 4.78 is 10.8. The van der Waals surface area contributed by atoms with E-state index in [9.17, 15) is 4.79 Å². The van der Waals surface area contributed by atoms with Crippen LogP contribution in [0.5, 0.6) is 17.2 Å². The number of methoxy groups -OCH3 is 1. The molecule has 17 heavy (non-hydrogen) atoms. The van der Waals surface area contributed by atoms with Gasteiger partial charge in [-0.2, -0.15) is 0 Å². The number of benzene rings is 2. The summed E-state index contributed by atoms with van der Waals surface area (Å²) in [6, 6.07) is 14.3. The lowest BCUT2D eigenvalue weighted by molar-refractivity contribution is 0.112. The molecule has 0 heterocycles. The SMILES string of the molecule is COc1ccccc1Oc1ccc(C=O)cc1. The average Bonchev–Trinajstić information content (AvgIpc) is 2.40. The number of hydrogen-bond acceptors (Lipinski definition) is 3. The summed E-state index contributed by atoms with van der Waals surface area (Å²) >= 11 is 0. The second-order valence-electron chi connectivity index (χ2n) is 3.44. The Hall–Kier alpha value is -2.29. The van der Waals surface area contributed by atoms with Crippen molar-refractivity contribution < 1.29 is 14.3 Å². The van der Waals surface area contributed by atoms with Crippen LogP contribution in [0.4, 0.5) is 0 Å². The van der Waals surface area contributed by atoms with Crippen LogP contribution in [-0.2, 0) is 0 Å². The van der Waals surface area contributed by atoms with Crippen LogP contribution in [0, 0.1) is 0 Å². The van der Waals surface area contributed by atoms with Gasteiger partial charge in [-0.1, -0.05) is 12.1 Å². The molecule has 0 spiro atoms. The van der Waals surface area contributed by atoms with E-state index in [2.05, 4.69) is 0 Å². The van der Waals surface area contributed by atoms with E-state index in [1.165, 1.54) is 0 Å². The summed E-state index contributed by atoms with van der Waals surface area (Å²) in [7, 11) is 1.59. The molecule has 0 unspecified atom stereocenters. The van der Waals surface area contributed by atoms with Crippen molar-refractivity contribution in [3.63, 3.8) is 0 Å². The first kappa shape index (κ1) is 11.2. The second-order valence-corrected chi connectivity index (χ2v) is 3.44. The molecule has 3 heteroatoms. The van der Waals surface area contributed by atoms with Gasteiger partial charge in [0.2, 0.25) is 0 Å². The molecular weight excluding hydrogens is 216 g/mol. The fourth-order valence-electron chi connectivity index (χ4n) is 1.44. The highest BCUT2D eigenvalue weighted by molar-refractivity contribution is 5.74. The maximum absolute atomic E-state index is 10.5. The molecule has 86 valence electrons. The van der Waals surface area contributed by atoms with Crippen LogP contribution in [0.1, 0.15) is 10.4 Å². The van der Waals surface area contributed by atoms with Crippen LogP contribution >= 0.6 is 0 Å². The Morgan fingerprint density at radius 3 is 2.18 bits per heavy atom. The molecule has 0 aliphatic carbocycles. The highest BCUT2D eigenvalue weighted by Gasteiger charge is 2.03. The first-order valence-corrected chi connectivity index (χ1v) is 5.19. The van der Waals surface area contributed by atoms with Gasteiger partial charge < -0.3 is 9.47 Å². The molecule has 3 nitrogen and oxygen atoms in total. The standard InChI is InChI=1S/C14H12O3/c1-16-13-4-2-3-5-14(13)17-12-8-6-11(10-15)7-9-12/h2-10H,1H3. The first-order chi connectivity index (χ1) is 8.33. The van der Waals surface area contributed by atoms with E-state index in [1.807, 2.05) is 24.3 Å². The summed E-state index contributed by atoms with van der Waals surface area (Å²) in [5, 5.41) is 0. The number of rotatable bonds is 4. The van der Waals surface area contributed by atoms with Gasteiger partial charge in [-0.05, 0) is 36.4 Å². The molecule has 0 saturated carbocycles. The summed E-state index contributed by atoms with van der Waals surface area (Å²) in [6.45, 7) is 0. The normalized spacial score (nSPS) is 9.71. The molecule has 0 aromatic heterocycles. The van der Waals surface area contributed by atoms with E-state index in [-0.39, 0.29) is 0 Å². The maximum Gasteiger partial charge on any atom is 0.169 e. The van der Waals surface area contributed by atoms with Crippen LogP contribution in [0.3, 0.4) is 0 Å². The van der Waals surface area contributed by atoms with Crippen LogP contribution in [0.15, 0.2) is 48.5 Å². The summed E-state index contributed by atoms with van der Waals surface area (Å²) in [5.74, 6) is 1.99. The molecule has 2 aromatic carbocycles. The number of carbonyl (C=O) groups is 1. The van der Waals surface area contributed by atoms with E-state index in [1.54, 1.807) is 31.4 Å². The zero-order valence-corrected chi connectivity index (χ0v) is 9.42. The van der Waals surface area contributed by atoms with Gasteiger partial charge in [0.25, 0.3) is 0 Å². The zero-order valence-electron chi connectivity index (χ0n) is 9.42. The number of carbonyl (C=O) groups excluding carboxylic acids is 1. The minimum Gasteiger partial charge on any atom is -0.493 e. The average molecular weight is 228 g/mol. The quantitative estimate of drug-likeness (QED) is 0.753. The van der Waals surface area contributed by atoms with E-state index in [0.29, 0.717) is 22.8 Å². The molecule has 2 aromatic rings. The lowest BCUT2D eigenvalue weighted by Crippen LogP contribution is -1.90. The first-order valence-electron chi connectivity index (χ1n) is 5.19. The van der Waals surface area contributed by atoms with Gasteiger partial charge in [0.1, 0.15) is 12.0 Å². The number of ether oxygens (including phenoxy) is 2. The van der Waals surface area contributed by atoms with Gasteiger partial charge in [-0.15, -0.1) is 0 Å². The highest BCUT2D eigenvalue weighted by Crippen LogP contribution is 2.30. The molecule has 0 aliphatic heterocycles. The van der Waals surface area contributed by atoms with Crippen molar-refractivity contribution in [2.45, 2.75) is 0 Å². The predicted molar refractivity (Wildman–Crippen MR) is 64.9 cm³/mol. The summed E-state index contributed by atoms with van der Waals surface area (Å²) in [5.41, 5.74) is 0.623. The Kier molecular flexibility index (Phi) is 3.40. The summed E-state index contributed by atoms with van der Waals surface area (Å²) in [4.78, 5) is 10.5. The lowest BCUT2D eigenvalue weighted by atomic mass is 10.2. The van der Waals surface area contributed by atoms with Gasteiger partial charge in [0, 0.05) is 5.56 Å². The van der Waals surface area contributed by atoms with Crippen LogP contribution in [-0.4, -0.2) is 13.4 Å². The Morgan fingerprint density at radius 2 is 1.59 bits per heavy atom. The Labute approximate surface area is 99.6 Å². The molecule has 0 N–H and O–H groups in total. The van der Waals surface area contributed by atoms with Gasteiger partial charge in [-0.3, -0.25) is 4.79 Å². The van der Waals surface area contributed by atoms with Gasteiger partial charge >= 0.3 is 0 Å². The predicted octanol–water partition coefficient (Wildman–Crippen LogP) is 3.30. The monoisotopic (exact) mass is 228 g/mol. The molecular formula is C14H12O3. The van der Waals surface area contributed by atoms with Crippen LogP contribution in [0.2, 0.25) is 0 Å². The smallest absolute Gasteiger partial charge is 0.169 e. The summed E-state index contributed by atoms with van der Waals surface area (Å²) in [6.07, 6.45) is 0.798. The fraction of sp³-hybridized carbons (Fsp3) is 0.0714. The molecule has 0 saturated heterocycles. The fourth-order valence-corrected chi connectivity index (χ4v) is 1.44. The van der Waals surface area contributed by atoms with Crippen molar-refractivity contribution in [3.05, 3.63) is 54.1 Å².